The molecule has 0 saturated heterocycles. The van der Waals surface area contributed by atoms with Crippen molar-refractivity contribution >= 4 is 0 Å². The summed E-state index contributed by atoms with van der Waals surface area (Å²) in [6, 6.07) is 0. The lowest BCUT2D eigenvalue weighted by atomic mass is 10.3. The number of rotatable bonds is 3. The number of hydrogen-bond donors (Lipinski definition) is 0. The SMILES string of the molecule is COCCC1[CH]C1. The van der Waals surface area contributed by atoms with E-state index in [0.29, 0.717) is 0 Å². The average molecular weight is 99.2 g/mol. The lowest BCUT2D eigenvalue weighted by Gasteiger charge is -1.91. The summed E-state index contributed by atoms with van der Waals surface area (Å²) >= 11 is 0. The summed E-state index contributed by atoms with van der Waals surface area (Å²) in [5, 5.41) is 0. The van der Waals surface area contributed by atoms with E-state index >= 15 is 0 Å². The second-order valence-electron chi connectivity index (χ2n) is 2.01. The van der Waals surface area contributed by atoms with Crippen molar-refractivity contribution in [1.29, 1.82) is 0 Å². The van der Waals surface area contributed by atoms with Crippen LogP contribution >= 0.6 is 0 Å². The van der Waals surface area contributed by atoms with Gasteiger partial charge in [0.2, 0.25) is 0 Å². The van der Waals surface area contributed by atoms with E-state index in [9.17, 15) is 0 Å². The fraction of sp³-hybridized carbons (Fsp3) is 0.833. The standard InChI is InChI=1S/C6H11O/c1-7-5-4-6-2-3-6/h2,6H,3-5H2,1H3. The van der Waals surface area contributed by atoms with Gasteiger partial charge in [-0.25, -0.2) is 0 Å². The molecule has 1 aliphatic rings. The first-order chi connectivity index (χ1) is 3.43. The molecule has 0 aromatic heterocycles. The zero-order valence-corrected chi connectivity index (χ0v) is 4.68. The van der Waals surface area contributed by atoms with Crippen molar-refractivity contribution < 1.29 is 4.74 Å². The third-order valence-electron chi connectivity index (χ3n) is 1.26. The maximum absolute atomic E-state index is 4.87. The Labute approximate surface area is 44.7 Å². The van der Waals surface area contributed by atoms with Crippen molar-refractivity contribution in [1.82, 2.24) is 0 Å². The summed E-state index contributed by atoms with van der Waals surface area (Å²) in [6.07, 6.45) is 4.87. The van der Waals surface area contributed by atoms with Crippen LogP contribution in [0.25, 0.3) is 0 Å². The van der Waals surface area contributed by atoms with E-state index in [0.717, 1.165) is 12.5 Å². The molecular formula is C6H11O. The van der Waals surface area contributed by atoms with Gasteiger partial charge in [0.05, 0.1) is 0 Å². The molecule has 0 amide bonds. The number of ether oxygens (including phenoxy) is 1. The maximum Gasteiger partial charge on any atom is 0.0465 e. The van der Waals surface area contributed by atoms with Crippen molar-refractivity contribution in [3.05, 3.63) is 6.42 Å². The number of hydrogen-bond acceptors (Lipinski definition) is 1. The summed E-state index contributed by atoms with van der Waals surface area (Å²) in [5.74, 6) is 0.903. The van der Waals surface area contributed by atoms with Crippen molar-refractivity contribution in [2.24, 2.45) is 5.92 Å². The second kappa shape index (κ2) is 2.31. The smallest absolute Gasteiger partial charge is 0.0465 e. The van der Waals surface area contributed by atoms with Crippen LogP contribution in [-0.4, -0.2) is 13.7 Å². The van der Waals surface area contributed by atoms with Gasteiger partial charge in [-0.15, -0.1) is 0 Å². The van der Waals surface area contributed by atoms with Crippen LogP contribution in [0.5, 0.6) is 0 Å². The molecular weight excluding hydrogens is 88.1 g/mol. The Morgan fingerprint density at radius 1 is 1.86 bits per heavy atom. The molecule has 0 bridgehead atoms. The maximum atomic E-state index is 4.87. The average Bonchev–Trinajstić information content (AvgIpc) is 2.42. The van der Waals surface area contributed by atoms with E-state index in [1.54, 1.807) is 7.11 Å². The van der Waals surface area contributed by atoms with E-state index in [1.807, 2.05) is 0 Å². The minimum Gasteiger partial charge on any atom is -0.385 e. The number of methoxy groups -OCH3 is 1. The quantitative estimate of drug-likeness (QED) is 0.517. The van der Waals surface area contributed by atoms with Crippen LogP contribution in [0.15, 0.2) is 0 Å². The molecule has 0 aliphatic heterocycles. The molecule has 0 aromatic carbocycles. The predicted octanol–water partition coefficient (Wildman–Crippen LogP) is 1.25. The monoisotopic (exact) mass is 99.1 g/mol. The van der Waals surface area contributed by atoms with Gasteiger partial charge in [0.1, 0.15) is 0 Å². The Bertz CT molecular complexity index is 48.1. The molecule has 0 aromatic rings. The lowest BCUT2D eigenvalue weighted by Crippen LogP contribution is -1.87. The third kappa shape index (κ3) is 1.93. The first-order valence-electron chi connectivity index (χ1n) is 2.76. The highest BCUT2D eigenvalue weighted by molar-refractivity contribution is 4.93. The Kier molecular flexibility index (Phi) is 1.69. The van der Waals surface area contributed by atoms with Gasteiger partial charge < -0.3 is 4.74 Å². The Morgan fingerprint density at radius 2 is 2.57 bits per heavy atom. The summed E-state index contributed by atoms with van der Waals surface area (Å²) in [7, 11) is 1.75. The molecule has 1 rings (SSSR count). The van der Waals surface area contributed by atoms with Crippen molar-refractivity contribution in [2.45, 2.75) is 12.8 Å². The van der Waals surface area contributed by atoms with Gasteiger partial charge in [-0.1, -0.05) is 0 Å². The molecule has 1 fully saturated rings. The highest BCUT2D eigenvalue weighted by Crippen LogP contribution is 2.30. The molecule has 1 aliphatic carbocycles. The molecule has 1 unspecified atom stereocenters. The molecule has 0 spiro atoms. The highest BCUT2D eigenvalue weighted by atomic mass is 16.5. The highest BCUT2D eigenvalue weighted by Gasteiger charge is 2.20. The van der Waals surface area contributed by atoms with Crippen molar-refractivity contribution in [2.75, 3.05) is 13.7 Å². The molecule has 1 saturated carbocycles. The van der Waals surface area contributed by atoms with Crippen LogP contribution in [0, 0.1) is 12.3 Å². The molecule has 7 heavy (non-hydrogen) atoms. The topological polar surface area (TPSA) is 9.23 Å². The summed E-state index contributed by atoms with van der Waals surface area (Å²) in [5.41, 5.74) is 0. The Morgan fingerprint density at radius 3 is 3.00 bits per heavy atom. The van der Waals surface area contributed by atoms with E-state index < -0.39 is 0 Å². The second-order valence-corrected chi connectivity index (χ2v) is 2.01. The van der Waals surface area contributed by atoms with Gasteiger partial charge in [0.15, 0.2) is 0 Å². The van der Waals surface area contributed by atoms with E-state index in [4.69, 9.17) is 4.74 Å². The molecule has 0 heterocycles. The minimum absolute atomic E-state index is 0.903. The molecule has 1 atom stereocenters. The predicted molar refractivity (Wildman–Crippen MR) is 28.9 cm³/mol. The van der Waals surface area contributed by atoms with Gasteiger partial charge in [0, 0.05) is 13.7 Å². The molecule has 41 valence electrons. The first-order valence-corrected chi connectivity index (χ1v) is 2.76. The molecule has 1 heteroatoms. The van der Waals surface area contributed by atoms with Crippen molar-refractivity contribution in [3.63, 3.8) is 0 Å². The molecule has 1 nitrogen and oxygen atoms in total. The zero-order chi connectivity index (χ0) is 5.11. The third-order valence-corrected chi connectivity index (χ3v) is 1.26. The lowest BCUT2D eigenvalue weighted by molar-refractivity contribution is 0.191. The van der Waals surface area contributed by atoms with Crippen LogP contribution in [0.3, 0.4) is 0 Å². The van der Waals surface area contributed by atoms with Crippen LogP contribution in [0.1, 0.15) is 12.8 Å². The van der Waals surface area contributed by atoms with E-state index in [2.05, 4.69) is 6.42 Å². The molecule has 1 radical (unpaired) electrons. The van der Waals surface area contributed by atoms with Gasteiger partial charge in [0.25, 0.3) is 0 Å². The van der Waals surface area contributed by atoms with Gasteiger partial charge in [-0.05, 0) is 25.2 Å². The van der Waals surface area contributed by atoms with Gasteiger partial charge >= 0.3 is 0 Å². The summed E-state index contributed by atoms with van der Waals surface area (Å²) in [4.78, 5) is 0. The van der Waals surface area contributed by atoms with Crippen LogP contribution in [0.2, 0.25) is 0 Å². The fourth-order valence-electron chi connectivity index (χ4n) is 0.601. The van der Waals surface area contributed by atoms with E-state index in [-0.39, 0.29) is 0 Å². The Balaban J connectivity index is 1.80. The van der Waals surface area contributed by atoms with Gasteiger partial charge in [-0.3, -0.25) is 0 Å². The molecule has 0 N–H and O–H groups in total. The fourth-order valence-corrected chi connectivity index (χ4v) is 0.601. The van der Waals surface area contributed by atoms with E-state index in [1.165, 1.54) is 12.8 Å². The van der Waals surface area contributed by atoms with Crippen LogP contribution in [0.4, 0.5) is 0 Å². The minimum atomic E-state index is 0.903. The summed E-state index contributed by atoms with van der Waals surface area (Å²) in [6.45, 7) is 0.932. The van der Waals surface area contributed by atoms with Gasteiger partial charge in [-0.2, -0.15) is 0 Å². The first kappa shape index (κ1) is 5.10. The largest absolute Gasteiger partial charge is 0.385 e. The zero-order valence-electron chi connectivity index (χ0n) is 4.68. The van der Waals surface area contributed by atoms with Crippen LogP contribution in [-0.2, 0) is 4.74 Å². The summed E-state index contributed by atoms with van der Waals surface area (Å²) < 4.78 is 4.87. The Hall–Kier alpha value is -0.0400. The van der Waals surface area contributed by atoms with Crippen molar-refractivity contribution in [3.8, 4) is 0 Å². The van der Waals surface area contributed by atoms with Crippen LogP contribution < -0.4 is 0 Å². The normalized spacial score (nSPS) is 20.1.